The Morgan fingerprint density at radius 2 is 1.88 bits per heavy atom. The van der Waals surface area contributed by atoms with Crippen LogP contribution in [0.3, 0.4) is 0 Å². The highest BCUT2D eigenvalue weighted by Gasteiger charge is 2.49. The van der Waals surface area contributed by atoms with Gasteiger partial charge >= 0.3 is 6.18 Å². The number of likely N-dealkylation sites (N-methyl/N-ethyl adjacent to an activating group) is 1. The van der Waals surface area contributed by atoms with Gasteiger partial charge in [-0.15, -0.1) is 4.80 Å². The van der Waals surface area contributed by atoms with E-state index in [2.05, 4.69) is 20.2 Å². The maximum atomic E-state index is 13.6. The first-order chi connectivity index (χ1) is 15.7. The van der Waals surface area contributed by atoms with Crippen LogP contribution in [0.5, 0.6) is 0 Å². The van der Waals surface area contributed by atoms with Crippen LogP contribution < -0.4 is 4.90 Å². The molecule has 3 aromatic rings. The Kier molecular flexibility index (Phi) is 5.06. The van der Waals surface area contributed by atoms with Crippen molar-refractivity contribution in [3.05, 3.63) is 59.8 Å². The summed E-state index contributed by atoms with van der Waals surface area (Å²) in [6.07, 6.45) is 1.18. The molecular formula is C22H22F3N7O. The van der Waals surface area contributed by atoms with E-state index in [0.29, 0.717) is 29.7 Å². The summed E-state index contributed by atoms with van der Waals surface area (Å²) >= 11 is 0. The number of pyridine rings is 2. The number of likely N-dealkylation sites (tertiary alicyclic amines) is 1. The second kappa shape index (κ2) is 7.82. The third-order valence-corrected chi connectivity index (χ3v) is 6.49. The van der Waals surface area contributed by atoms with Gasteiger partial charge in [0, 0.05) is 25.5 Å². The van der Waals surface area contributed by atoms with E-state index in [1.807, 2.05) is 23.8 Å². The molecule has 11 heteroatoms. The number of hydrogen-bond acceptors (Lipinski definition) is 6. The van der Waals surface area contributed by atoms with Crippen LogP contribution in [0.4, 0.5) is 19.0 Å². The maximum Gasteiger partial charge on any atom is 0.417 e. The molecule has 1 saturated heterocycles. The zero-order chi connectivity index (χ0) is 23.3. The van der Waals surface area contributed by atoms with Gasteiger partial charge in [-0.05, 0) is 49.9 Å². The van der Waals surface area contributed by atoms with Crippen molar-refractivity contribution in [1.29, 1.82) is 0 Å². The molecule has 0 radical (unpaired) electrons. The quantitative estimate of drug-likeness (QED) is 0.599. The summed E-state index contributed by atoms with van der Waals surface area (Å²) in [5.74, 6) is 0.567. The molecule has 33 heavy (non-hydrogen) atoms. The number of rotatable bonds is 4. The summed E-state index contributed by atoms with van der Waals surface area (Å²) in [5, 5.41) is 8.28. The summed E-state index contributed by atoms with van der Waals surface area (Å²) in [5.41, 5.74) is 0.719. The van der Waals surface area contributed by atoms with Crippen molar-refractivity contribution in [3.8, 4) is 5.69 Å². The number of aromatic nitrogens is 5. The molecule has 2 aliphatic rings. The molecule has 0 unspecified atom stereocenters. The Morgan fingerprint density at radius 3 is 2.52 bits per heavy atom. The van der Waals surface area contributed by atoms with Crippen LogP contribution in [0.1, 0.15) is 34.6 Å². The van der Waals surface area contributed by atoms with E-state index >= 15 is 0 Å². The van der Waals surface area contributed by atoms with Gasteiger partial charge in [0.05, 0.1) is 30.0 Å². The van der Waals surface area contributed by atoms with Crippen LogP contribution >= 0.6 is 0 Å². The zero-order valence-electron chi connectivity index (χ0n) is 18.1. The zero-order valence-corrected chi connectivity index (χ0v) is 18.1. The summed E-state index contributed by atoms with van der Waals surface area (Å²) < 4.78 is 38.7. The lowest BCUT2D eigenvalue weighted by molar-refractivity contribution is -0.137. The minimum absolute atomic E-state index is 0.0481. The molecule has 1 aliphatic carbocycles. The van der Waals surface area contributed by atoms with E-state index in [0.717, 1.165) is 25.1 Å². The van der Waals surface area contributed by atoms with Crippen molar-refractivity contribution in [2.45, 2.75) is 38.0 Å². The van der Waals surface area contributed by atoms with Crippen LogP contribution in [-0.2, 0) is 6.18 Å². The average molecular weight is 457 g/mol. The topological polar surface area (TPSA) is 80.0 Å². The molecule has 3 aromatic heterocycles. The molecule has 1 aliphatic heterocycles. The second-order valence-electron chi connectivity index (χ2n) is 8.58. The standard InChI is InChI=1S/C22H22F3N7O/c1-13-3-5-16(32-27-7-8-28-32)20(29-13)21(33)31-12-14-9-17(18(31)10-14)30(2)19-6-4-15(11-26-19)22(23,24)25/h3-8,11,14,17-18H,9-10,12H2,1-2H3/t14-,17-,18+/m1/s1. The van der Waals surface area contributed by atoms with Gasteiger partial charge in [0.1, 0.15) is 11.5 Å². The number of hydrogen-bond donors (Lipinski definition) is 0. The number of anilines is 1. The van der Waals surface area contributed by atoms with Gasteiger partial charge in [0.15, 0.2) is 5.69 Å². The molecular weight excluding hydrogens is 435 g/mol. The largest absolute Gasteiger partial charge is 0.417 e. The summed E-state index contributed by atoms with van der Waals surface area (Å²) in [6.45, 7) is 2.44. The molecule has 2 fully saturated rings. The van der Waals surface area contributed by atoms with E-state index in [9.17, 15) is 18.0 Å². The highest BCUT2D eigenvalue weighted by Crippen LogP contribution is 2.42. The van der Waals surface area contributed by atoms with Gasteiger partial charge in [-0.3, -0.25) is 4.79 Å². The van der Waals surface area contributed by atoms with Gasteiger partial charge < -0.3 is 9.80 Å². The Morgan fingerprint density at radius 1 is 1.12 bits per heavy atom. The minimum atomic E-state index is -4.43. The predicted molar refractivity (Wildman–Crippen MR) is 113 cm³/mol. The van der Waals surface area contributed by atoms with Crippen LogP contribution in [0.15, 0.2) is 42.9 Å². The van der Waals surface area contributed by atoms with Gasteiger partial charge in [-0.25, -0.2) is 9.97 Å². The molecule has 1 amide bonds. The average Bonchev–Trinajstić information content (AvgIpc) is 3.55. The van der Waals surface area contributed by atoms with Crippen LogP contribution in [0, 0.1) is 12.8 Å². The molecule has 4 heterocycles. The SMILES string of the molecule is Cc1ccc(-n2nccn2)c(C(=O)N2C[C@@H]3C[C@@H](N(C)c4ccc(C(F)(F)F)cn4)[C@@H]2C3)n1. The Balaban J connectivity index is 1.40. The molecule has 8 nitrogen and oxygen atoms in total. The van der Waals surface area contributed by atoms with Gasteiger partial charge in [-0.1, -0.05) is 0 Å². The van der Waals surface area contributed by atoms with E-state index in [-0.39, 0.29) is 23.7 Å². The number of alkyl halides is 3. The van der Waals surface area contributed by atoms with Gasteiger partial charge in [0.25, 0.3) is 5.91 Å². The first-order valence-electron chi connectivity index (χ1n) is 10.6. The lowest BCUT2D eigenvalue weighted by Crippen LogP contribution is -2.51. The number of nitrogens with zero attached hydrogens (tertiary/aromatic N) is 7. The van der Waals surface area contributed by atoms with E-state index in [1.54, 1.807) is 12.1 Å². The number of piperidine rings is 1. The summed E-state index contributed by atoms with van der Waals surface area (Å²) in [7, 11) is 1.81. The summed E-state index contributed by atoms with van der Waals surface area (Å²) in [4.78, 5) is 27.2. The third kappa shape index (κ3) is 3.81. The highest BCUT2D eigenvalue weighted by atomic mass is 19.4. The van der Waals surface area contributed by atoms with Crippen molar-refractivity contribution in [1.82, 2.24) is 29.9 Å². The van der Waals surface area contributed by atoms with E-state index < -0.39 is 11.7 Å². The first-order valence-corrected chi connectivity index (χ1v) is 10.6. The van der Waals surface area contributed by atoms with Crippen LogP contribution in [0.2, 0.25) is 0 Å². The lowest BCUT2D eigenvalue weighted by atomic mass is 10.0. The van der Waals surface area contributed by atoms with Crippen LogP contribution in [0.25, 0.3) is 5.69 Å². The highest BCUT2D eigenvalue weighted by molar-refractivity contribution is 5.96. The molecule has 2 bridgehead atoms. The van der Waals surface area contributed by atoms with Crippen molar-refractivity contribution < 1.29 is 18.0 Å². The fourth-order valence-electron chi connectivity index (χ4n) is 4.92. The van der Waals surface area contributed by atoms with Gasteiger partial charge in [0.2, 0.25) is 0 Å². The molecule has 172 valence electrons. The lowest BCUT2D eigenvalue weighted by Gasteiger charge is -2.38. The number of carbonyl (C=O) groups excluding carboxylic acids is 1. The summed E-state index contributed by atoms with van der Waals surface area (Å²) in [6, 6.07) is 5.86. The molecule has 0 aromatic carbocycles. The second-order valence-corrected chi connectivity index (χ2v) is 8.58. The van der Waals surface area contributed by atoms with E-state index in [4.69, 9.17) is 0 Å². The van der Waals surface area contributed by atoms with Crippen LogP contribution in [-0.4, -0.2) is 61.4 Å². The normalized spacial score (nSPS) is 22.1. The van der Waals surface area contributed by atoms with Gasteiger partial charge in [-0.2, -0.15) is 23.4 Å². The Labute approximate surface area is 188 Å². The molecule has 5 rings (SSSR count). The molecule has 0 N–H and O–H groups in total. The number of carbonyl (C=O) groups is 1. The van der Waals surface area contributed by atoms with Crippen molar-refractivity contribution in [2.75, 3.05) is 18.5 Å². The third-order valence-electron chi connectivity index (χ3n) is 6.49. The first kappa shape index (κ1) is 21.4. The minimum Gasteiger partial charge on any atom is -0.355 e. The number of amides is 1. The van der Waals surface area contributed by atoms with E-state index in [1.165, 1.54) is 23.3 Å². The molecule has 0 spiro atoms. The van der Waals surface area contributed by atoms with Crippen molar-refractivity contribution in [2.24, 2.45) is 5.92 Å². The number of halogens is 3. The Bertz CT molecular complexity index is 1160. The monoisotopic (exact) mass is 457 g/mol. The number of aryl methyl sites for hydroxylation is 1. The van der Waals surface area contributed by atoms with Crippen molar-refractivity contribution >= 4 is 11.7 Å². The van der Waals surface area contributed by atoms with Crippen molar-refractivity contribution in [3.63, 3.8) is 0 Å². The fourth-order valence-corrected chi connectivity index (χ4v) is 4.92. The fraction of sp³-hybridized carbons (Fsp3) is 0.409. The molecule has 1 saturated carbocycles. The Hall–Kier alpha value is -3.50. The smallest absolute Gasteiger partial charge is 0.355 e. The maximum absolute atomic E-state index is 13.6. The number of fused-ring (bicyclic) bond motifs is 2. The molecule has 3 atom stereocenters. The predicted octanol–water partition coefficient (Wildman–Crippen LogP) is 3.12.